The molecule has 0 aromatic heterocycles. The van der Waals surface area contributed by atoms with Gasteiger partial charge in [0.15, 0.2) is 0 Å². The first-order chi connectivity index (χ1) is 32.1. The van der Waals surface area contributed by atoms with Gasteiger partial charge in [-0.05, 0) is 115 Å². The molecule has 1 aliphatic rings. The summed E-state index contributed by atoms with van der Waals surface area (Å²) in [4.78, 5) is 33.8. The Kier molecular flexibility index (Phi) is 17.9. The number of benzene rings is 5. The number of phosphoric acid groups is 1. The number of phosphoric ester groups is 1. The minimum absolute atomic E-state index is 0.0409. The van der Waals surface area contributed by atoms with Crippen LogP contribution in [0, 0.1) is 5.92 Å². The van der Waals surface area contributed by atoms with E-state index in [2.05, 4.69) is 14.7 Å². The van der Waals surface area contributed by atoms with E-state index in [0.717, 1.165) is 39.4 Å². The minimum atomic E-state index is -6.17. The molecule has 0 aliphatic carbocycles. The maximum atomic E-state index is 14.2. The molecule has 5 N–H and O–H groups in total. The fourth-order valence-electron chi connectivity index (χ4n) is 7.76. The number of sulfonamides is 1. The van der Waals surface area contributed by atoms with Gasteiger partial charge < -0.3 is 30.0 Å². The number of anilines is 2. The summed E-state index contributed by atoms with van der Waals surface area (Å²) < 4.78 is 114. The van der Waals surface area contributed by atoms with Crippen molar-refractivity contribution in [2.45, 2.75) is 58.5 Å². The van der Waals surface area contributed by atoms with E-state index in [1.54, 1.807) is 54.3 Å². The van der Waals surface area contributed by atoms with Crippen LogP contribution in [0.2, 0.25) is 5.02 Å². The van der Waals surface area contributed by atoms with Crippen LogP contribution in [0.5, 0.6) is 0 Å². The number of rotatable bonds is 21. The van der Waals surface area contributed by atoms with E-state index in [4.69, 9.17) is 21.4 Å². The number of carbonyl (C=O) groups is 1. The van der Waals surface area contributed by atoms with Crippen molar-refractivity contribution in [1.82, 2.24) is 9.62 Å². The molecule has 0 spiro atoms. The molecule has 1 fully saturated rings. The predicted octanol–water partition coefficient (Wildman–Crippen LogP) is 8.76. The van der Waals surface area contributed by atoms with Crippen LogP contribution >= 0.6 is 31.2 Å². The molecule has 14 nitrogen and oxygen atoms in total. The third-order valence-electron chi connectivity index (χ3n) is 11.5. The lowest BCUT2D eigenvalue weighted by molar-refractivity contribution is -0.0436. The van der Waals surface area contributed by atoms with Crippen LogP contribution in [0.3, 0.4) is 0 Å². The number of likely N-dealkylation sites (N-methyl/N-ethyl adjacent to an activating group) is 1. The van der Waals surface area contributed by atoms with Gasteiger partial charge in [0, 0.05) is 59.1 Å². The van der Waals surface area contributed by atoms with Crippen molar-refractivity contribution in [2.75, 3.05) is 55.3 Å². The number of piperidine rings is 1. The summed E-state index contributed by atoms with van der Waals surface area (Å²) in [6.45, 7) is 3.40. The molecule has 22 heteroatoms. The lowest BCUT2D eigenvalue weighted by Crippen LogP contribution is -2.36. The zero-order valence-electron chi connectivity index (χ0n) is 36.6. The molecule has 1 heterocycles. The van der Waals surface area contributed by atoms with Gasteiger partial charge in [-0.25, -0.2) is 26.1 Å². The number of sulfone groups is 1. The number of nitrogens with zero attached hydrogens (tertiary/aromatic N) is 2. The lowest BCUT2D eigenvalue weighted by atomic mass is 9.84. The Hall–Kier alpha value is -4.47. The second-order valence-corrected chi connectivity index (χ2v) is 22.3. The summed E-state index contributed by atoms with van der Waals surface area (Å²) in [6.07, 6.45) is 0.784. The molecule has 0 unspecified atom stereocenters. The first-order valence-corrected chi connectivity index (χ1v) is 27.3. The van der Waals surface area contributed by atoms with E-state index < -0.39 is 66.7 Å². The Balaban J connectivity index is 1.14. The highest BCUT2D eigenvalue weighted by atomic mass is 35.5. The van der Waals surface area contributed by atoms with E-state index in [1.165, 1.54) is 23.9 Å². The Morgan fingerprint density at radius 2 is 1.56 bits per heavy atom. The van der Waals surface area contributed by atoms with Gasteiger partial charge in [-0.2, -0.15) is 13.2 Å². The van der Waals surface area contributed by atoms with E-state index in [0.29, 0.717) is 43.6 Å². The second-order valence-electron chi connectivity index (χ2n) is 16.0. The molecular weight excluding hydrogens is 988 g/mol. The largest absolute Gasteiger partial charge is 0.501 e. The molecule has 1 aliphatic heterocycles. The monoisotopic (exact) mass is 1040 g/mol. The SMILES string of the molecule is CCN(CCOP(=O)(O)O)CC[C@@H](CSc1ccccc1)Nc1ccc(S(=O)(=O)NC(=O)c2ccc(N3CCC([C@@H](O)c4ccccc4-c4ccc(Cl)cc4)CC3)cc2)cc1S(=O)(=O)C(F)(F)F. The van der Waals surface area contributed by atoms with Crippen LogP contribution in [0.4, 0.5) is 24.5 Å². The summed E-state index contributed by atoms with van der Waals surface area (Å²) in [5.74, 6) is -0.936. The van der Waals surface area contributed by atoms with Crippen molar-refractivity contribution in [3.8, 4) is 11.1 Å². The second kappa shape index (κ2) is 23.0. The van der Waals surface area contributed by atoms with E-state index in [-0.39, 0.29) is 43.4 Å². The first-order valence-electron chi connectivity index (χ1n) is 21.4. The number of halogens is 4. The quantitative estimate of drug-likeness (QED) is 0.0345. The Bertz CT molecular complexity index is 2770. The molecule has 366 valence electrons. The average molecular weight is 1040 g/mol. The number of alkyl halides is 3. The summed E-state index contributed by atoms with van der Waals surface area (Å²) in [5, 5.41) is 15.0. The standard InChI is InChI=1S/C46H51ClF3N4O10PS3/c1-2-53(28-29-64-65(57,58)59)25-24-36(31-66-38-8-4-3-5-9-38)51-42-21-20-39(30-43(42)67(60,61)46(48,49)50)68(62,63)52-45(56)34-14-18-37(19-15-34)54-26-22-33(23-27-54)44(55)41-11-7-6-10-40(41)32-12-16-35(47)17-13-32/h3-21,30,33,36,44,51,55H,2,22-29,31H2,1H3,(H,52,56)(H2,57,58,59)/t36-,44+/m0/s1. The summed E-state index contributed by atoms with van der Waals surface area (Å²) in [7, 11) is -15.8. The van der Waals surface area contributed by atoms with Gasteiger partial charge in [-0.15, -0.1) is 11.8 Å². The van der Waals surface area contributed by atoms with Crippen LogP contribution in [0.25, 0.3) is 11.1 Å². The summed E-state index contributed by atoms with van der Waals surface area (Å²) >= 11 is 7.42. The van der Waals surface area contributed by atoms with Crippen LogP contribution in [-0.4, -0.2) is 99.2 Å². The van der Waals surface area contributed by atoms with Gasteiger partial charge >= 0.3 is 13.3 Å². The smallest absolute Gasteiger partial charge is 0.388 e. The average Bonchev–Trinajstić information content (AvgIpc) is 3.31. The lowest BCUT2D eigenvalue weighted by Gasteiger charge is -2.36. The summed E-state index contributed by atoms with van der Waals surface area (Å²) in [5.41, 5.74) is -3.06. The van der Waals surface area contributed by atoms with Gasteiger partial charge in [0.2, 0.25) is 0 Å². The zero-order valence-corrected chi connectivity index (χ0v) is 40.7. The van der Waals surface area contributed by atoms with Crippen LogP contribution in [-0.2, 0) is 28.9 Å². The zero-order chi connectivity index (χ0) is 49.3. The Labute approximate surface area is 403 Å². The summed E-state index contributed by atoms with van der Waals surface area (Å²) in [6, 6.07) is 31.6. The number of carbonyl (C=O) groups excluding carboxylic acids is 1. The predicted molar refractivity (Wildman–Crippen MR) is 257 cm³/mol. The highest BCUT2D eigenvalue weighted by Gasteiger charge is 2.48. The highest BCUT2D eigenvalue weighted by Crippen LogP contribution is 2.39. The molecule has 68 heavy (non-hydrogen) atoms. The molecule has 0 saturated carbocycles. The number of aliphatic hydroxyl groups is 1. The van der Waals surface area contributed by atoms with E-state index in [1.807, 2.05) is 53.3 Å². The van der Waals surface area contributed by atoms with Crippen molar-refractivity contribution < 1.29 is 58.8 Å². The van der Waals surface area contributed by atoms with E-state index in [9.17, 15) is 44.5 Å². The molecule has 0 bridgehead atoms. The van der Waals surface area contributed by atoms with Crippen LogP contribution < -0.4 is 14.9 Å². The third kappa shape index (κ3) is 14.1. The number of thioether (sulfide) groups is 1. The normalized spacial score (nSPS) is 15.0. The van der Waals surface area contributed by atoms with Crippen molar-refractivity contribution in [3.63, 3.8) is 0 Å². The number of amides is 1. The molecule has 1 saturated heterocycles. The molecule has 2 atom stereocenters. The van der Waals surface area contributed by atoms with Gasteiger partial charge in [-0.1, -0.05) is 73.1 Å². The van der Waals surface area contributed by atoms with Crippen molar-refractivity contribution in [1.29, 1.82) is 0 Å². The van der Waals surface area contributed by atoms with Crippen molar-refractivity contribution in [3.05, 3.63) is 137 Å². The molecule has 5 aromatic carbocycles. The highest BCUT2D eigenvalue weighted by molar-refractivity contribution is 7.99. The molecule has 0 radical (unpaired) electrons. The molecular formula is C46H51ClF3N4O10PS3. The molecule has 6 rings (SSSR count). The van der Waals surface area contributed by atoms with Crippen molar-refractivity contribution >= 4 is 68.3 Å². The van der Waals surface area contributed by atoms with Gasteiger partial charge in [0.05, 0.1) is 23.3 Å². The van der Waals surface area contributed by atoms with Crippen molar-refractivity contribution in [2.24, 2.45) is 5.92 Å². The fraction of sp³-hybridized carbons (Fsp3) is 0.326. The van der Waals surface area contributed by atoms with E-state index >= 15 is 0 Å². The molecule has 1 amide bonds. The third-order valence-corrected chi connectivity index (χ3v) is 16.3. The first kappa shape index (κ1) is 52.9. The topological polar surface area (TPSA) is 203 Å². The number of hydrogen-bond acceptors (Lipinski definition) is 12. The fourth-order valence-corrected chi connectivity index (χ4v) is 11.2. The van der Waals surface area contributed by atoms with Crippen LogP contribution in [0.1, 0.15) is 48.2 Å². The van der Waals surface area contributed by atoms with Gasteiger partial charge in [0.1, 0.15) is 4.90 Å². The number of hydrogen-bond donors (Lipinski definition) is 5. The Morgan fingerprint density at radius 1 is 0.912 bits per heavy atom. The molecule has 5 aromatic rings. The maximum Gasteiger partial charge on any atom is 0.501 e. The number of aliphatic hydroxyl groups excluding tert-OH is 1. The van der Waals surface area contributed by atoms with Crippen LogP contribution in [0.15, 0.2) is 136 Å². The van der Waals surface area contributed by atoms with Gasteiger partial charge in [-0.3, -0.25) is 9.32 Å². The minimum Gasteiger partial charge on any atom is -0.388 e. The Morgan fingerprint density at radius 3 is 2.19 bits per heavy atom. The van der Waals surface area contributed by atoms with Gasteiger partial charge in [0.25, 0.3) is 25.8 Å². The number of nitrogens with one attached hydrogen (secondary N) is 2. The maximum absolute atomic E-state index is 14.2.